The van der Waals surface area contributed by atoms with Crippen LogP contribution in [0.25, 0.3) is 5.69 Å². The van der Waals surface area contributed by atoms with Crippen molar-refractivity contribution in [3.05, 3.63) is 70.5 Å². The zero-order valence-corrected chi connectivity index (χ0v) is 16.5. The van der Waals surface area contributed by atoms with Gasteiger partial charge >= 0.3 is 5.97 Å². The maximum atomic E-state index is 13.0. The molecule has 0 saturated carbocycles. The molecule has 1 N–H and O–H groups in total. The van der Waals surface area contributed by atoms with E-state index in [4.69, 9.17) is 14.6 Å². The van der Waals surface area contributed by atoms with Gasteiger partial charge in [-0.2, -0.15) is 5.10 Å². The first-order chi connectivity index (χ1) is 13.5. The third kappa shape index (κ3) is 4.40. The highest BCUT2D eigenvalue weighted by Gasteiger charge is 2.19. The van der Waals surface area contributed by atoms with Gasteiger partial charge < -0.3 is 14.6 Å². The molecule has 7 nitrogen and oxygen atoms in total. The van der Waals surface area contributed by atoms with E-state index >= 15 is 0 Å². The Balaban J connectivity index is 1.93. The van der Waals surface area contributed by atoms with Crippen LogP contribution in [0.4, 0.5) is 0 Å². The SMILES string of the molecule is CCOc1ccccc1-n1cc(C(=O)c2cc(Br)ccc2OCC(=O)O)cn1. The molecule has 0 aliphatic rings. The van der Waals surface area contributed by atoms with Crippen molar-refractivity contribution in [1.82, 2.24) is 9.78 Å². The molecule has 3 aromatic rings. The minimum atomic E-state index is -1.12. The first-order valence-electron chi connectivity index (χ1n) is 8.45. The molecular weight excluding hydrogens is 428 g/mol. The highest BCUT2D eigenvalue weighted by Crippen LogP contribution is 2.27. The molecule has 28 heavy (non-hydrogen) atoms. The van der Waals surface area contributed by atoms with Crippen LogP contribution in [0.15, 0.2) is 59.3 Å². The third-order valence-electron chi connectivity index (χ3n) is 3.79. The molecule has 0 radical (unpaired) electrons. The van der Waals surface area contributed by atoms with Gasteiger partial charge in [0.1, 0.15) is 17.2 Å². The number of carbonyl (C=O) groups is 2. The molecule has 0 unspecified atom stereocenters. The van der Waals surface area contributed by atoms with Gasteiger partial charge in [0.2, 0.25) is 0 Å². The van der Waals surface area contributed by atoms with Crippen LogP contribution < -0.4 is 9.47 Å². The van der Waals surface area contributed by atoms with Crippen LogP contribution in [0.3, 0.4) is 0 Å². The van der Waals surface area contributed by atoms with Crippen LogP contribution in [-0.2, 0) is 4.79 Å². The smallest absolute Gasteiger partial charge is 0.341 e. The predicted octanol–water partition coefficient (Wildman–Crippen LogP) is 3.73. The van der Waals surface area contributed by atoms with E-state index in [1.807, 2.05) is 31.2 Å². The Hall–Kier alpha value is -3.13. The number of carboxylic acid groups (broad SMARTS) is 1. The predicted molar refractivity (Wildman–Crippen MR) is 105 cm³/mol. The number of aliphatic carboxylic acids is 1. The summed E-state index contributed by atoms with van der Waals surface area (Å²) in [5, 5.41) is 13.1. The molecule has 0 spiro atoms. The van der Waals surface area contributed by atoms with E-state index in [1.54, 1.807) is 29.1 Å². The zero-order chi connectivity index (χ0) is 20.1. The van der Waals surface area contributed by atoms with E-state index in [0.29, 0.717) is 28.1 Å². The van der Waals surface area contributed by atoms with Gasteiger partial charge in [-0.25, -0.2) is 9.48 Å². The summed E-state index contributed by atoms with van der Waals surface area (Å²) >= 11 is 3.32. The molecule has 1 heterocycles. The summed E-state index contributed by atoms with van der Waals surface area (Å²) in [6.45, 7) is 1.86. The van der Waals surface area contributed by atoms with Gasteiger partial charge in [0.05, 0.1) is 23.9 Å². The maximum absolute atomic E-state index is 13.0. The average Bonchev–Trinajstić information content (AvgIpc) is 3.17. The Labute approximate surface area is 169 Å². The Kier molecular flexibility index (Phi) is 6.10. The molecule has 1 aromatic heterocycles. The fraction of sp³-hybridized carbons (Fsp3) is 0.150. The molecule has 144 valence electrons. The number of nitrogens with zero attached hydrogens (tertiary/aromatic N) is 2. The monoisotopic (exact) mass is 444 g/mol. The highest BCUT2D eigenvalue weighted by atomic mass is 79.9. The molecule has 0 aliphatic heterocycles. The second kappa shape index (κ2) is 8.71. The maximum Gasteiger partial charge on any atom is 0.341 e. The zero-order valence-electron chi connectivity index (χ0n) is 15.0. The van der Waals surface area contributed by atoms with Crippen LogP contribution in [0.5, 0.6) is 11.5 Å². The van der Waals surface area contributed by atoms with E-state index < -0.39 is 12.6 Å². The fourth-order valence-electron chi connectivity index (χ4n) is 2.60. The number of ketones is 1. The minimum Gasteiger partial charge on any atom is -0.492 e. The Morgan fingerprint density at radius 3 is 2.68 bits per heavy atom. The van der Waals surface area contributed by atoms with Crippen LogP contribution in [0, 0.1) is 0 Å². The summed E-state index contributed by atoms with van der Waals surface area (Å²) in [5.41, 5.74) is 1.29. The normalized spacial score (nSPS) is 10.5. The lowest BCUT2D eigenvalue weighted by Crippen LogP contribution is -2.12. The molecule has 3 rings (SSSR count). The van der Waals surface area contributed by atoms with Gasteiger partial charge in [0.25, 0.3) is 0 Å². The summed E-state index contributed by atoms with van der Waals surface area (Å²) in [4.78, 5) is 23.8. The third-order valence-corrected chi connectivity index (χ3v) is 4.29. The van der Waals surface area contributed by atoms with Crippen molar-refractivity contribution < 1.29 is 24.2 Å². The summed E-state index contributed by atoms with van der Waals surface area (Å²) in [7, 11) is 0. The number of hydrogen-bond acceptors (Lipinski definition) is 5. The number of carbonyl (C=O) groups excluding carboxylic acids is 1. The Morgan fingerprint density at radius 1 is 1.14 bits per heavy atom. The first kappa shape index (κ1) is 19.6. The fourth-order valence-corrected chi connectivity index (χ4v) is 2.96. The van der Waals surface area contributed by atoms with Crippen LogP contribution in [0.1, 0.15) is 22.8 Å². The van der Waals surface area contributed by atoms with Crippen LogP contribution in [0.2, 0.25) is 0 Å². The molecular formula is C20H17BrN2O5. The molecule has 0 fully saturated rings. The summed E-state index contributed by atoms with van der Waals surface area (Å²) in [6.07, 6.45) is 3.05. The van der Waals surface area contributed by atoms with E-state index in [-0.39, 0.29) is 17.1 Å². The second-order valence-electron chi connectivity index (χ2n) is 5.73. The lowest BCUT2D eigenvalue weighted by Gasteiger charge is -2.10. The van der Waals surface area contributed by atoms with Crippen LogP contribution in [-0.4, -0.2) is 39.9 Å². The lowest BCUT2D eigenvalue weighted by molar-refractivity contribution is -0.139. The van der Waals surface area contributed by atoms with E-state index in [2.05, 4.69) is 21.0 Å². The molecule has 2 aromatic carbocycles. The van der Waals surface area contributed by atoms with Crippen molar-refractivity contribution in [1.29, 1.82) is 0 Å². The number of rotatable bonds is 8. The highest BCUT2D eigenvalue weighted by molar-refractivity contribution is 9.10. The summed E-state index contributed by atoms with van der Waals surface area (Å²) in [6, 6.07) is 12.2. The largest absolute Gasteiger partial charge is 0.492 e. The molecule has 0 saturated heterocycles. The number of benzene rings is 2. The van der Waals surface area contributed by atoms with Crippen molar-refractivity contribution in [2.24, 2.45) is 0 Å². The Bertz CT molecular complexity index is 1020. The van der Waals surface area contributed by atoms with Gasteiger partial charge in [0.15, 0.2) is 12.4 Å². The van der Waals surface area contributed by atoms with Gasteiger partial charge in [-0.05, 0) is 37.3 Å². The van der Waals surface area contributed by atoms with Gasteiger partial charge in [-0.3, -0.25) is 4.79 Å². The average molecular weight is 445 g/mol. The van der Waals surface area contributed by atoms with Gasteiger partial charge in [-0.1, -0.05) is 28.1 Å². The number of halogens is 1. The number of ether oxygens (including phenoxy) is 2. The summed E-state index contributed by atoms with van der Waals surface area (Å²) < 4.78 is 13.1. The van der Waals surface area contributed by atoms with Crippen LogP contribution >= 0.6 is 15.9 Å². The Morgan fingerprint density at radius 2 is 1.93 bits per heavy atom. The van der Waals surface area contributed by atoms with Gasteiger partial charge in [0, 0.05) is 10.7 Å². The van der Waals surface area contributed by atoms with Crippen molar-refractivity contribution in [2.75, 3.05) is 13.2 Å². The number of aromatic nitrogens is 2. The number of para-hydroxylation sites is 2. The lowest BCUT2D eigenvalue weighted by atomic mass is 10.1. The first-order valence-corrected chi connectivity index (χ1v) is 9.24. The molecule has 0 atom stereocenters. The molecule has 8 heteroatoms. The minimum absolute atomic E-state index is 0.193. The molecule has 0 amide bonds. The molecule has 0 bridgehead atoms. The van der Waals surface area contributed by atoms with Crippen molar-refractivity contribution >= 4 is 27.7 Å². The van der Waals surface area contributed by atoms with E-state index in [0.717, 1.165) is 0 Å². The second-order valence-corrected chi connectivity index (χ2v) is 6.64. The standard InChI is InChI=1S/C20H17BrN2O5/c1-2-27-18-6-4-3-5-16(18)23-11-13(10-22-23)20(26)15-9-14(21)7-8-17(15)28-12-19(24)25/h3-11H,2,12H2,1H3,(H,24,25). The number of hydrogen-bond donors (Lipinski definition) is 1. The van der Waals surface area contributed by atoms with Crippen molar-refractivity contribution in [3.8, 4) is 17.2 Å². The van der Waals surface area contributed by atoms with E-state index in [9.17, 15) is 9.59 Å². The van der Waals surface area contributed by atoms with E-state index in [1.165, 1.54) is 6.20 Å². The van der Waals surface area contributed by atoms with Crippen molar-refractivity contribution in [2.45, 2.75) is 6.92 Å². The van der Waals surface area contributed by atoms with Gasteiger partial charge in [-0.15, -0.1) is 0 Å². The quantitative estimate of drug-likeness (QED) is 0.532. The topological polar surface area (TPSA) is 90.7 Å². The van der Waals surface area contributed by atoms with Crippen molar-refractivity contribution in [3.63, 3.8) is 0 Å². The molecule has 0 aliphatic carbocycles. The number of carboxylic acids is 1. The summed E-state index contributed by atoms with van der Waals surface area (Å²) in [5.74, 6) is -0.610.